The Balaban J connectivity index is 1.32. The normalized spacial score (nSPS) is 11.8. The molecule has 0 amide bonds. The number of fused-ring (bicyclic) bond motifs is 6. The topological polar surface area (TPSA) is 13.1 Å². The second-order valence-corrected chi connectivity index (χ2v) is 18.3. The molecule has 1 aromatic heterocycles. The smallest absolute Gasteiger partial charge is 0.127 e. The van der Waals surface area contributed by atoms with Gasteiger partial charge in [0, 0.05) is 10.8 Å². The summed E-state index contributed by atoms with van der Waals surface area (Å²) in [6.07, 6.45) is 0. The minimum absolute atomic E-state index is 0.00115. The summed E-state index contributed by atoms with van der Waals surface area (Å²) < 4.78 is 6.09. The first-order valence-electron chi connectivity index (χ1n) is 22.2. The van der Waals surface area contributed by atoms with Crippen LogP contribution in [-0.2, 0) is 0 Å². The molecule has 27 heteroatoms. The van der Waals surface area contributed by atoms with Crippen LogP contribution in [0.4, 0.5) is 0 Å². The number of hydrogen-bond acceptors (Lipinski definition) is 1. The number of furan rings is 1. The molecule has 0 aliphatic rings. The van der Waals surface area contributed by atoms with Crippen LogP contribution >= 0.6 is 0 Å². The van der Waals surface area contributed by atoms with Gasteiger partial charge in [-0.2, -0.15) is 0 Å². The van der Waals surface area contributed by atoms with Gasteiger partial charge in [0.15, 0.2) is 0 Å². The lowest BCUT2D eigenvalue weighted by Gasteiger charge is -2.32. The molecule has 0 saturated heterocycles. The second-order valence-electron chi connectivity index (χ2n) is 18.3. The fraction of sp³-hybridized carbons (Fsp3) is 0. The van der Waals surface area contributed by atoms with Crippen molar-refractivity contribution in [3.63, 3.8) is 0 Å². The average Bonchev–Trinajstić information content (AvgIpc) is 3.81. The molecule has 0 aliphatic carbocycles. The van der Waals surface area contributed by atoms with E-state index in [1.165, 1.54) is 0 Å². The minimum atomic E-state index is -0.205. The van der Waals surface area contributed by atoms with Crippen LogP contribution in [0.2, 0.25) is 0 Å². The maximum Gasteiger partial charge on any atom is 0.127 e. The molecule has 9 aromatic carbocycles. The van der Waals surface area contributed by atoms with Gasteiger partial charge in [0.1, 0.15) is 215 Å². The first kappa shape index (κ1) is 53.6. The van der Waals surface area contributed by atoms with E-state index in [0.717, 1.165) is 0 Å². The molecule has 75 heavy (non-hydrogen) atoms. The fourth-order valence-corrected chi connectivity index (χ4v) is 10.5. The van der Waals surface area contributed by atoms with Crippen molar-refractivity contribution in [2.75, 3.05) is 0 Å². The van der Waals surface area contributed by atoms with Gasteiger partial charge in [0.05, 0.1) is 0 Å². The molecule has 0 N–H and O–H groups in total. The third-order valence-corrected chi connectivity index (χ3v) is 14.6. The van der Waals surface area contributed by atoms with Crippen molar-refractivity contribution in [2.24, 2.45) is 0 Å². The van der Waals surface area contributed by atoms with E-state index in [1.807, 2.05) is 0 Å². The quantitative estimate of drug-likeness (QED) is 0.127. The van der Waals surface area contributed by atoms with Gasteiger partial charge in [-0.1, -0.05) is 117 Å². The molecule has 0 spiro atoms. The van der Waals surface area contributed by atoms with E-state index >= 15 is 0 Å². The Morgan fingerprint density at radius 1 is 0.160 bits per heavy atom. The van der Waals surface area contributed by atoms with Crippen LogP contribution in [0, 0.1) is 0 Å². The summed E-state index contributed by atoms with van der Waals surface area (Å²) in [5.74, 6) is 0. The van der Waals surface area contributed by atoms with Gasteiger partial charge in [-0.15, -0.1) is 49.2 Å². The third kappa shape index (κ3) is 7.15. The molecular formula is C48H4B26O. The second kappa shape index (κ2) is 18.4. The van der Waals surface area contributed by atoms with Crippen molar-refractivity contribution in [3.8, 4) is 44.5 Å². The summed E-state index contributed by atoms with van der Waals surface area (Å²) in [5.41, 5.74) is 0.0350. The summed E-state index contributed by atoms with van der Waals surface area (Å²) in [4.78, 5) is 0. The van der Waals surface area contributed by atoms with Crippen LogP contribution < -0.4 is 142 Å². The zero-order chi connectivity index (χ0) is 54.9. The van der Waals surface area contributed by atoms with Gasteiger partial charge in [-0.05, 0) is 76.8 Å². The Hall–Kier alpha value is -4.75. The van der Waals surface area contributed by atoms with Crippen molar-refractivity contribution < 1.29 is 4.42 Å². The molecule has 0 aliphatic heterocycles. The fourth-order valence-electron chi connectivity index (χ4n) is 10.5. The zero-order valence-electron chi connectivity index (χ0n) is 39.7. The summed E-state index contributed by atoms with van der Waals surface area (Å²) in [6, 6.07) is 6.85. The molecule has 1 nitrogen and oxygen atoms in total. The average molecular weight is 878 g/mol. The van der Waals surface area contributed by atoms with Crippen molar-refractivity contribution in [3.05, 3.63) is 24.3 Å². The largest absolute Gasteiger partial charge is 0.457 e. The highest BCUT2D eigenvalue weighted by Crippen LogP contribution is 2.40. The summed E-state index contributed by atoms with van der Waals surface area (Å²) >= 11 is 0. The Bertz CT molecular complexity index is 4230. The van der Waals surface area contributed by atoms with Crippen molar-refractivity contribution in [1.82, 2.24) is 0 Å². The van der Waals surface area contributed by atoms with Crippen molar-refractivity contribution in [1.29, 1.82) is 0 Å². The number of rotatable bonds is 4. The predicted molar refractivity (Wildman–Crippen MR) is 348 cm³/mol. The van der Waals surface area contributed by atoms with Crippen molar-refractivity contribution >= 4 is 400 Å². The molecule has 0 atom stereocenters. The minimum Gasteiger partial charge on any atom is -0.457 e. The van der Waals surface area contributed by atoms with Crippen LogP contribution in [-0.4, -0.2) is 204 Å². The van der Waals surface area contributed by atoms with Gasteiger partial charge < -0.3 is 4.42 Å². The maximum absolute atomic E-state index is 7.18. The van der Waals surface area contributed by atoms with Crippen LogP contribution in [0.15, 0.2) is 28.7 Å². The summed E-state index contributed by atoms with van der Waals surface area (Å²) in [6.45, 7) is 0. The van der Waals surface area contributed by atoms with Crippen LogP contribution in [0.25, 0.3) is 98.8 Å². The molecule has 10 aromatic rings. The lowest BCUT2D eigenvalue weighted by molar-refractivity contribution is 0.675. The Morgan fingerprint density at radius 2 is 0.373 bits per heavy atom. The van der Waals surface area contributed by atoms with E-state index in [4.69, 9.17) is 208 Å². The zero-order valence-corrected chi connectivity index (χ0v) is 39.7. The lowest BCUT2D eigenvalue weighted by Crippen LogP contribution is -2.52. The van der Waals surface area contributed by atoms with Gasteiger partial charge >= 0.3 is 0 Å². The summed E-state index contributed by atoms with van der Waals surface area (Å²) in [5, 5.41) is 1.51. The first-order valence-corrected chi connectivity index (χ1v) is 22.2. The Labute approximate surface area is 470 Å². The number of benzene rings is 9. The van der Waals surface area contributed by atoms with Crippen molar-refractivity contribution in [2.45, 2.75) is 0 Å². The maximum atomic E-state index is 7.18. The molecule has 10 rings (SSSR count). The molecule has 0 fully saturated rings. The molecule has 0 bridgehead atoms. The monoisotopic (exact) mass is 882 g/mol. The molecule has 0 unspecified atom stereocenters. The molecule has 52 radical (unpaired) electrons. The first-order chi connectivity index (χ1) is 35.1. The van der Waals surface area contributed by atoms with Crippen LogP contribution in [0.1, 0.15) is 0 Å². The standard InChI is InChI=1S/C48H4B26O/c49-21-17(34(62)45(73)47-19(21)20-35(63)43(71)44(72)46(74)48(20)75-47)18-30(58)28(56)15(29(57)31(18)59)9-13-10(23(51)37(65)40(68)26(13)54)7(11-14(9)27(55)41(69)38(66)24(11)52)5-1-3-6(4-2-5)8-12-16(32(60)36(64)22(8)50)33(61)42(70)39(67)25(12)53/h1-4H. The van der Waals surface area contributed by atoms with E-state index in [9.17, 15) is 0 Å². The molecule has 0 saturated carbocycles. The third-order valence-electron chi connectivity index (χ3n) is 14.6. The van der Waals surface area contributed by atoms with E-state index in [1.54, 1.807) is 24.3 Å². The highest BCUT2D eigenvalue weighted by Gasteiger charge is 2.30. The Kier molecular flexibility index (Phi) is 13.2. The van der Waals surface area contributed by atoms with Gasteiger partial charge in [0.2, 0.25) is 0 Å². The van der Waals surface area contributed by atoms with Crippen LogP contribution in [0.5, 0.6) is 0 Å². The predicted octanol–water partition coefficient (Wildman–Crippen LogP) is -17.6. The lowest BCUT2D eigenvalue weighted by atomic mass is 9.56. The van der Waals surface area contributed by atoms with E-state index < -0.39 is 0 Å². The highest BCUT2D eigenvalue weighted by atomic mass is 16.3. The van der Waals surface area contributed by atoms with E-state index in [0.29, 0.717) is 27.6 Å². The molecule has 280 valence electrons. The van der Waals surface area contributed by atoms with Gasteiger partial charge in [-0.3, -0.25) is 0 Å². The van der Waals surface area contributed by atoms with Gasteiger partial charge in [-0.25, -0.2) is 0 Å². The molecular weight excluding hydrogens is 874 g/mol. The molecule has 1 heterocycles. The van der Waals surface area contributed by atoms with Gasteiger partial charge in [0.25, 0.3) is 0 Å². The highest BCUT2D eigenvalue weighted by molar-refractivity contribution is 6.76. The Morgan fingerprint density at radius 3 is 0.760 bits per heavy atom. The number of hydrogen-bond donors (Lipinski definition) is 0. The summed E-state index contributed by atoms with van der Waals surface area (Å²) in [7, 11) is 174. The van der Waals surface area contributed by atoms with E-state index in [-0.39, 0.29) is 213 Å². The van der Waals surface area contributed by atoms with E-state index in [2.05, 4.69) is 0 Å². The van der Waals surface area contributed by atoms with Crippen LogP contribution in [0.3, 0.4) is 0 Å². The SMILES string of the molecule is [B]c1c([B])c(-c2c3c([B])c([B])c([B])c([B])c3c(-c3ccc(-c4c([B])c([B])c([B])c5c([B])c([B])c([B])c([B])c45)cc3)c3c([B])c([B])c([B])c([B])c23)c([B])c([B])c1-c1c([B])c([B])c2oc3c([B])c([B])c([B])c([B])c3c2c1[B].